The van der Waals surface area contributed by atoms with Crippen molar-refractivity contribution >= 4 is 35.0 Å². The van der Waals surface area contributed by atoms with Crippen LogP contribution in [0, 0.1) is 11.2 Å². The first-order chi connectivity index (χ1) is 15.3. The first-order valence-electron chi connectivity index (χ1n) is 10.3. The van der Waals surface area contributed by atoms with Crippen LogP contribution in [0.25, 0.3) is 0 Å². The molecule has 1 aromatic heterocycles. The lowest BCUT2D eigenvalue weighted by Gasteiger charge is -2.35. The van der Waals surface area contributed by atoms with E-state index in [1.165, 1.54) is 30.4 Å². The highest BCUT2D eigenvalue weighted by Gasteiger charge is 2.53. The summed E-state index contributed by atoms with van der Waals surface area (Å²) in [5, 5.41) is 16.0. The van der Waals surface area contributed by atoms with Crippen LogP contribution in [0.4, 0.5) is 10.1 Å². The van der Waals surface area contributed by atoms with Gasteiger partial charge in [0.15, 0.2) is 5.69 Å². The third-order valence-corrected chi connectivity index (χ3v) is 6.60. The number of amides is 3. The van der Waals surface area contributed by atoms with Gasteiger partial charge in [0, 0.05) is 19.5 Å². The number of aromatic amines is 1. The number of aliphatic hydroxyl groups is 1. The van der Waals surface area contributed by atoms with Crippen molar-refractivity contribution in [1.29, 1.82) is 0 Å². The fraction of sp³-hybridized carbons (Fsp3) is 0.429. The van der Waals surface area contributed by atoms with E-state index in [-0.39, 0.29) is 40.5 Å². The van der Waals surface area contributed by atoms with Gasteiger partial charge in [-0.3, -0.25) is 19.3 Å². The third kappa shape index (κ3) is 3.84. The van der Waals surface area contributed by atoms with Gasteiger partial charge in [-0.1, -0.05) is 11.6 Å². The van der Waals surface area contributed by atoms with Crippen molar-refractivity contribution in [2.45, 2.75) is 44.4 Å². The van der Waals surface area contributed by atoms with Gasteiger partial charge in [-0.15, -0.1) is 0 Å². The first kappa shape index (κ1) is 22.2. The summed E-state index contributed by atoms with van der Waals surface area (Å²) in [5.74, 6) is -1.69. The lowest BCUT2D eigenvalue weighted by atomic mass is 9.71. The van der Waals surface area contributed by atoms with E-state index < -0.39 is 29.3 Å². The number of hydrogen-bond donors (Lipinski definition) is 4. The van der Waals surface area contributed by atoms with Crippen molar-refractivity contribution < 1.29 is 23.9 Å². The number of rotatable bonds is 4. The predicted molar refractivity (Wildman–Crippen MR) is 114 cm³/mol. The number of nitrogens with zero attached hydrogens (tertiary/aromatic N) is 2. The summed E-state index contributed by atoms with van der Waals surface area (Å²) >= 11 is 6.11. The van der Waals surface area contributed by atoms with Gasteiger partial charge in [0.25, 0.3) is 11.8 Å². The van der Waals surface area contributed by atoms with Crippen LogP contribution in [-0.4, -0.2) is 52.1 Å². The van der Waals surface area contributed by atoms with E-state index in [4.69, 9.17) is 11.6 Å². The second-order valence-corrected chi connectivity index (χ2v) is 8.60. The van der Waals surface area contributed by atoms with Crippen LogP contribution >= 0.6 is 11.6 Å². The summed E-state index contributed by atoms with van der Waals surface area (Å²) < 4.78 is 13.4. The molecule has 2 aliphatic rings. The van der Waals surface area contributed by atoms with E-state index in [1.807, 2.05) is 0 Å². The molecule has 9 nitrogen and oxygen atoms in total. The van der Waals surface area contributed by atoms with Crippen LogP contribution in [0.5, 0.6) is 0 Å². The lowest BCUT2D eigenvalue weighted by Crippen LogP contribution is -2.44. The number of imidazole rings is 1. The number of carbonyl (C=O) groups excluding carboxylic acids is 3. The van der Waals surface area contributed by atoms with E-state index in [2.05, 4.69) is 20.6 Å². The molecule has 0 radical (unpaired) electrons. The molecular formula is C21H23ClFN5O4. The zero-order chi connectivity index (χ0) is 23.0. The number of benzene rings is 1. The Labute approximate surface area is 188 Å². The Kier molecular flexibility index (Phi) is 5.91. The van der Waals surface area contributed by atoms with Crippen LogP contribution in [0.15, 0.2) is 24.5 Å². The maximum Gasteiger partial charge on any atom is 0.272 e. The van der Waals surface area contributed by atoms with Crippen molar-refractivity contribution in [3.05, 3.63) is 46.8 Å². The van der Waals surface area contributed by atoms with Crippen molar-refractivity contribution in [1.82, 2.24) is 20.6 Å². The van der Waals surface area contributed by atoms with Crippen LogP contribution in [0.1, 0.15) is 53.1 Å². The quantitative estimate of drug-likeness (QED) is 0.551. The molecule has 1 aliphatic carbocycles. The molecule has 170 valence electrons. The normalized spacial score (nSPS) is 25.2. The van der Waals surface area contributed by atoms with Gasteiger partial charge in [-0.05, 0) is 43.9 Å². The molecule has 2 fully saturated rings. The smallest absolute Gasteiger partial charge is 0.272 e. The minimum Gasteiger partial charge on any atom is -0.373 e. The standard InChI is InChI=1S/C21H23ClFN5O4/c1-24-18(30)16-17(26-10-25-16)19(31)27-12-4-6-21(7-5-12)9-15(29)28(20(21)32)14-3-2-11(23)8-13(14)22/h2-3,8,10,12,15,29H,4-7,9H2,1H3,(H,24,30)(H,25,26)(H,27,31)/t12?,15-,21?/m1/s1. The highest BCUT2D eigenvalue weighted by atomic mass is 35.5. The molecule has 1 aliphatic heterocycles. The van der Waals surface area contributed by atoms with Crippen molar-refractivity contribution in [2.24, 2.45) is 5.41 Å². The Balaban J connectivity index is 1.43. The zero-order valence-electron chi connectivity index (χ0n) is 17.3. The molecule has 1 aromatic carbocycles. The lowest BCUT2D eigenvalue weighted by molar-refractivity contribution is -0.127. The molecule has 32 heavy (non-hydrogen) atoms. The predicted octanol–water partition coefficient (Wildman–Crippen LogP) is 1.98. The SMILES string of the molecule is CNC(=O)c1[nH]cnc1C(=O)NC1CCC2(CC1)C[C@@H](O)N(c1ccc(F)cc1Cl)C2=O. The molecule has 4 rings (SSSR count). The van der Waals surface area contributed by atoms with Crippen LogP contribution in [0.2, 0.25) is 5.02 Å². The Morgan fingerprint density at radius 3 is 2.69 bits per heavy atom. The van der Waals surface area contributed by atoms with Crippen LogP contribution in [-0.2, 0) is 4.79 Å². The molecule has 2 heterocycles. The maximum absolute atomic E-state index is 13.4. The third-order valence-electron chi connectivity index (χ3n) is 6.30. The maximum atomic E-state index is 13.4. The Hall–Kier alpha value is -2.98. The minimum atomic E-state index is -1.06. The van der Waals surface area contributed by atoms with Gasteiger partial charge < -0.3 is 20.7 Å². The molecule has 1 atom stereocenters. The van der Waals surface area contributed by atoms with E-state index in [9.17, 15) is 23.9 Å². The zero-order valence-corrected chi connectivity index (χ0v) is 18.1. The summed E-state index contributed by atoms with van der Waals surface area (Å²) in [4.78, 5) is 45.6. The Bertz CT molecular complexity index is 1070. The van der Waals surface area contributed by atoms with Crippen molar-refractivity contribution in [2.75, 3.05) is 11.9 Å². The Morgan fingerprint density at radius 1 is 1.31 bits per heavy atom. The molecule has 0 unspecified atom stereocenters. The number of halogens is 2. The average molecular weight is 464 g/mol. The summed E-state index contributed by atoms with van der Waals surface area (Å²) in [5.41, 5.74) is -0.400. The van der Waals surface area contributed by atoms with Crippen LogP contribution in [0.3, 0.4) is 0 Å². The van der Waals surface area contributed by atoms with E-state index in [1.54, 1.807) is 0 Å². The fourth-order valence-electron chi connectivity index (χ4n) is 4.62. The first-order valence-corrected chi connectivity index (χ1v) is 10.7. The van der Waals surface area contributed by atoms with Gasteiger partial charge in [0.1, 0.15) is 17.7 Å². The fourth-order valence-corrected chi connectivity index (χ4v) is 4.87. The second-order valence-electron chi connectivity index (χ2n) is 8.19. The van der Waals surface area contributed by atoms with Gasteiger partial charge >= 0.3 is 0 Å². The molecule has 1 spiro atoms. The van der Waals surface area contributed by atoms with E-state index in [0.717, 1.165) is 6.07 Å². The molecule has 2 aromatic rings. The molecule has 11 heteroatoms. The average Bonchev–Trinajstić information content (AvgIpc) is 3.34. The summed E-state index contributed by atoms with van der Waals surface area (Å²) in [6, 6.07) is 3.49. The number of nitrogens with one attached hydrogen (secondary N) is 3. The number of carbonyl (C=O) groups is 3. The molecule has 3 amide bonds. The van der Waals surface area contributed by atoms with Gasteiger partial charge in [-0.25, -0.2) is 9.37 Å². The number of H-pyrrole nitrogens is 1. The summed E-state index contributed by atoms with van der Waals surface area (Å²) in [6.45, 7) is 0. The van der Waals surface area contributed by atoms with Crippen molar-refractivity contribution in [3.8, 4) is 0 Å². The molecular weight excluding hydrogens is 441 g/mol. The number of aromatic nitrogens is 2. The summed E-state index contributed by atoms with van der Waals surface area (Å²) in [7, 11) is 1.46. The highest BCUT2D eigenvalue weighted by molar-refractivity contribution is 6.34. The van der Waals surface area contributed by atoms with Crippen molar-refractivity contribution in [3.63, 3.8) is 0 Å². The molecule has 1 saturated carbocycles. The number of aliphatic hydroxyl groups excluding tert-OH is 1. The topological polar surface area (TPSA) is 127 Å². The largest absolute Gasteiger partial charge is 0.373 e. The van der Waals surface area contributed by atoms with Crippen LogP contribution < -0.4 is 15.5 Å². The summed E-state index contributed by atoms with van der Waals surface area (Å²) in [6.07, 6.45) is 2.43. The van der Waals surface area contributed by atoms with Gasteiger partial charge in [-0.2, -0.15) is 0 Å². The molecule has 0 bridgehead atoms. The number of hydrogen-bond acceptors (Lipinski definition) is 5. The van der Waals surface area contributed by atoms with Gasteiger partial charge in [0.2, 0.25) is 5.91 Å². The Morgan fingerprint density at radius 2 is 2.03 bits per heavy atom. The highest BCUT2D eigenvalue weighted by Crippen LogP contribution is 2.49. The minimum absolute atomic E-state index is 0.00845. The molecule has 1 saturated heterocycles. The monoisotopic (exact) mass is 463 g/mol. The number of anilines is 1. The van der Waals surface area contributed by atoms with E-state index >= 15 is 0 Å². The second kappa shape index (κ2) is 8.51. The van der Waals surface area contributed by atoms with Gasteiger partial charge in [0.05, 0.1) is 22.5 Å². The van der Waals surface area contributed by atoms with E-state index in [0.29, 0.717) is 25.7 Å². The molecule has 4 N–H and O–H groups in total.